The van der Waals surface area contributed by atoms with E-state index in [0.717, 1.165) is 42.9 Å². The SMILES string of the molecule is C=CC(=O)N1C[C@H](C)N(c2nc(OC[C@@]34CCCN3C[C@H](F)C4)nc3c(F)c(-c4ccc(F)c5sc(N)c(C#N)c45)c(F)cc23)C[C@H]1C. The van der Waals surface area contributed by atoms with Crippen LogP contribution in [0.5, 0.6) is 6.01 Å². The van der Waals surface area contributed by atoms with Crippen molar-refractivity contribution < 1.29 is 27.1 Å². The highest BCUT2D eigenvalue weighted by Gasteiger charge is 2.49. The zero-order chi connectivity index (χ0) is 34.1. The average Bonchev–Trinajstić information content (AvgIpc) is 3.70. The Morgan fingerprint density at radius 3 is 2.75 bits per heavy atom. The summed E-state index contributed by atoms with van der Waals surface area (Å²) in [7, 11) is 0. The van der Waals surface area contributed by atoms with Gasteiger partial charge in [0.05, 0.1) is 21.4 Å². The number of hydrogen-bond donors (Lipinski definition) is 1. The van der Waals surface area contributed by atoms with Crippen molar-refractivity contribution in [3.63, 3.8) is 0 Å². The molecular formula is C34H33F4N7O2S. The number of anilines is 2. The van der Waals surface area contributed by atoms with Gasteiger partial charge in [0.15, 0.2) is 5.82 Å². The number of aromatic nitrogens is 2. The average molecular weight is 680 g/mol. The number of alkyl halides is 1. The molecule has 0 aliphatic carbocycles. The topological polar surface area (TPSA) is 112 Å². The van der Waals surface area contributed by atoms with E-state index in [-0.39, 0.29) is 80.1 Å². The van der Waals surface area contributed by atoms with E-state index < -0.39 is 34.7 Å². The number of amides is 1. The van der Waals surface area contributed by atoms with Crippen molar-refractivity contribution >= 4 is 49.1 Å². The largest absolute Gasteiger partial charge is 0.461 e. The number of halogens is 4. The zero-order valence-electron chi connectivity index (χ0n) is 26.4. The molecule has 3 fully saturated rings. The monoisotopic (exact) mass is 679 g/mol. The number of hydrogen-bond acceptors (Lipinski definition) is 9. The minimum Gasteiger partial charge on any atom is -0.461 e. The van der Waals surface area contributed by atoms with Gasteiger partial charge < -0.3 is 20.3 Å². The summed E-state index contributed by atoms with van der Waals surface area (Å²) < 4.78 is 68.7. The minimum absolute atomic E-state index is 0.00528. The van der Waals surface area contributed by atoms with E-state index in [4.69, 9.17) is 10.5 Å². The third-order valence-electron chi connectivity index (χ3n) is 9.99. The fourth-order valence-corrected chi connectivity index (χ4v) is 8.64. The van der Waals surface area contributed by atoms with E-state index in [2.05, 4.69) is 21.4 Å². The Kier molecular flexibility index (Phi) is 7.95. The molecule has 0 saturated carbocycles. The molecule has 0 bridgehead atoms. The summed E-state index contributed by atoms with van der Waals surface area (Å²) in [5.74, 6) is -2.71. The van der Waals surface area contributed by atoms with E-state index in [1.54, 1.807) is 4.90 Å². The molecule has 9 nitrogen and oxygen atoms in total. The Balaban J connectivity index is 1.39. The second-order valence-corrected chi connectivity index (χ2v) is 14.0. The normalized spacial score (nSPS) is 24.3. The van der Waals surface area contributed by atoms with E-state index in [0.29, 0.717) is 19.5 Å². The van der Waals surface area contributed by atoms with Crippen LogP contribution in [0, 0.1) is 28.8 Å². The molecule has 0 unspecified atom stereocenters. The van der Waals surface area contributed by atoms with E-state index in [9.17, 15) is 18.8 Å². The lowest BCUT2D eigenvalue weighted by Gasteiger charge is -2.44. The lowest BCUT2D eigenvalue weighted by Crippen LogP contribution is -2.58. The highest BCUT2D eigenvalue weighted by Crippen LogP contribution is 2.45. The molecule has 4 atom stereocenters. The summed E-state index contributed by atoms with van der Waals surface area (Å²) in [4.78, 5) is 27.3. The predicted molar refractivity (Wildman–Crippen MR) is 176 cm³/mol. The molecule has 3 saturated heterocycles. The molecule has 2 N–H and O–H groups in total. The van der Waals surface area contributed by atoms with Crippen LogP contribution in [0.25, 0.3) is 32.1 Å². The standard InChI is InChI=1S/C34H33F4N7O2S/c1-4-25(46)44-13-18(3)45(14-17(44)2)32-21-10-24(37)27(20-6-7-23(36)30-26(20)22(12-39)31(40)48-30)28(38)29(21)41-33(42-32)47-16-34-8-5-9-43(34)15-19(35)11-34/h4,6-7,10,17-19H,1,5,8-9,11,13-16,40H2,2-3H3/t17-,18+,19-,34+/m1/s1. The Hall–Kier alpha value is -4.48. The number of piperazine rings is 1. The lowest BCUT2D eigenvalue weighted by atomic mass is 9.95. The van der Waals surface area contributed by atoms with Crippen LogP contribution >= 0.6 is 11.3 Å². The number of nitrogens with zero attached hydrogens (tertiary/aromatic N) is 6. The molecule has 3 aliphatic heterocycles. The fraction of sp³-hybridized carbons (Fsp3) is 0.412. The van der Waals surface area contributed by atoms with Gasteiger partial charge in [-0.2, -0.15) is 15.2 Å². The Bertz CT molecular complexity index is 2030. The van der Waals surface area contributed by atoms with Crippen LogP contribution in [0.3, 0.4) is 0 Å². The van der Waals surface area contributed by atoms with Gasteiger partial charge in [-0.15, -0.1) is 11.3 Å². The molecule has 250 valence electrons. The molecule has 48 heavy (non-hydrogen) atoms. The Labute approximate surface area is 278 Å². The molecule has 14 heteroatoms. The van der Waals surface area contributed by atoms with Crippen molar-refractivity contribution in [3.8, 4) is 23.2 Å². The number of rotatable bonds is 6. The van der Waals surface area contributed by atoms with Gasteiger partial charge in [0.25, 0.3) is 0 Å². The lowest BCUT2D eigenvalue weighted by molar-refractivity contribution is -0.128. The number of nitrogen functional groups attached to an aromatic ring is 1. The first-order valence-corrected chi connectivity index (χ1v) is 16.6. The highest BCUT2D eigenvalue weighted by molar-refractivity contribution is 7.23. The molecule has 3 aliphatic rings. The van der Waals surface area contributed by atoms with Gasteiger partial charge in [0.2, 0.25) is 5.91 Å². The van der Waals surface area contributed by atoms with Crippen molar-refractivity contribution in [2.75, 3.05) is 43.4 Å². The maximum absolute atomic E-state index is 16.9. The van der Waals surface area contributed by atoms with E-state index in [1.165, 1.54) is 12.1 Å². The number of ether oxygens (including phenoxy) is 1. The maximum atomic E-state index is 16.9. The molecule has 7 rings (SSSR count). The molecule has 2 aromatic carbocycles. The second kappa shape index (κ2) is 11.9. The number of carbonyl (C=O) groups excluding carboxylic acids is 1. The van der Waals surface area contributed by atoms with Crippen LogP contribution in [0.4, 0.5) is 28.4 Å². The quantitative estimate of drug-likeness (QED) is 0.197. The van der Waals surface area contributed by atoms with Crippen LogP contribution in [0.15, 0.2) is 30.9 Å². The molecule has 5 heterocycles. The summed E-state index contributed by atoms with van der Waals surface area (Å²) in [6.07, 6.45) is 2.19. The first-order chi connectivity index (χ1) is 23.0. The van der Waals surface area contributed by atoms with Gasteiger partial charge in [-0.05, 0) is 57.0 Å². The molecule has 0 radical (unpaired) electrons. The third kappa shape index (κ3) is 5.02. The highest BCUT2D eigenvalue weighted by atomic mass is 32.1. The van der Waals surface area contributed by atoms with Crippen LogP contribution in [-0.2, 0) is 4.79 Å². The maximum Gasteiger partial charge on any atom is 0.319 e. The van der Waals surface area contributed by atoms with Gasteiger partial charge >= 0.3 is 6.01 Å². The van der Waals surface area contributed by atoms with Gasteiger partial charge in [-0.25, -0.2) is 17.6 Å². The Morgan fingerprint density at radius 2 is 2.00 bits per heavy atom. The molecule has 2 aromatic heterocycles. The molecule has 1 amide bonds. The third-order valence-corrected chi connectivity index (χ3v) is 11.0. The summed E-state index contributed by atoms with van der Waals surface area (Å²) in [5.41, 5.74) is 4.60. The number of nitriles is 1. The summed E-state index contributed by atoms with van der Waals surface area (Å²) in [6, 6.07) is 4.59. The van der Waals surface area contributed by atoms with Crippen molar-refractivity contribution in [3.05, 3.63) is 53.9 Å². The van der Waals surface area contributed by atoms with Crippen molar-refractivity contribution in [1.29, 1.82) is 5.26 Å². The van der Waals surface area contributed by atoms with Gasteiger partial charge in [-0.3, -0.25) is 9.69 Å². The number of benzene rings is 2. The van der Waals surface area contributed by atoms with Crippen LogP contribution in [0.2, 0.25) is 0 Å². The Morgan fingerprint density at radius 1 is 1.21 bits per heavy atom. The van der Waals surface area contributed by atoms with Gasteiger partial charge in [-0.1, -0.05) is 12.6 Å². The predicted octanol–water partition coefficient (Wildman–Crippen LogP) is 5.95. The smallest absolute Gasteiger partial charge is 0.319 e. The number of carbonyl (C=O) groups is 1. The molecule has 4 aromatic rings. The number of nitrogens with two attached hydrogens (primary N) is 1. The van der Waals surface area contributed by atoms with Gasteiger partial charge in [0.1, 0.15) is 46.8 Å². The molecule has 0 spiro atoms. The first-order valence-electron chi connectivity index (χ1n) is 15.8. The fourth-order valence-electron chi connectivity index (χ4n) is 7.69. The second-order valence-electron chi connectivity index (χ2n) is 12.9. The van der Waals surface area contributed by atoms with Crippen LogP contribution in [-0.4, -0.2) is 82.3 Å². The molecular weight excluding hydrogens is 646 g/mol. The summed E-state index contributed by atoms with van der Waals surface area (Å²) in [5, 5.41) is 9.91. The number of fused-ring (bicyclic) bond motifs is 3. The van der Waals surface area contributed by atoms with Crippen molar-refractivity contribution in [2.24, 2.45) is 0 Å². The first kappa shape index (κ1) is 32.1. The van der Waals surface area contributed by atoms with Crippen molar-refractivity contribution in [1.82, 2.24) is 19.8 Å². The zero-order valence-corrected chi connectivity index (χ0v) is 27.2. The van der Waals surface area contributed by atoms with Gasteiger partial charge in [0, 0.05) is 48.9 Å². The van der Waals surface area contributed by atoms with Crippen LogP contribution in [0.1, 0.15) is 38.7 Å². The minimum atomic E-state index is -1.05. The van der Waals surface area contributed by atoms with E-state index in [1.807, 2.05) is 24.8 Å². The van der Waals surface area contributed by atoms with E-state index >= 15 is 8.78 Å². The summed E-state index contributed by atoms with van der Waals surface area (Å²) >= 11 is 0.826. The van der Waals surface area contributed by atoms with Crippen molar-refractivity contribution in [2.45, 2.75) is 56.9 Å². The summed E-state index contributed by atoms with van der Waals surface area (Å²) in [6.45, 7) is 9.07. The van der Waals surface area contributed by atoms with Crippen LogP contribution < -0.4 is 15.4 Å². The number of thiophene rings is 1.